The number of aliphatic hydroxyl groups excluding tert-OH is 1. The van der Waals surface area contributed by atoms with Gasteiger partial charge in [-0.1, -0.05) is 0 Å². The van der Waals surface area contributed by atoms with Crippen LogP contribution in [0, 0.1) is 0 Å². The number of nitrogens with one attached hydrogen (secondary N) is 1. The average Bonchev–Trinajstić information content (AvgIpc) is 2.69. The van der Waals surface area contributed by atoms with Crippen LogP contribution in [0.25, 0.3) is 0 Å². The molecule has 1 rings (SSSR count). The molecule has 1 atom stereocenters. The molecule has 0 fully saturated rings. The predicted molar refractivity (Wildman–Crippen MR) is 70.7 cm³/mol. The van der Waals surface area contributed by atoms with E-state index in [0.717, 1.165) is 5.56 Å². The number of hydrogen-bond donors (Lipinski definition) is 2. The van der Waals surface area contributed by atoms with Gasteiger partial charge in [-0.2, -0.15) is 11.3 Å². The van der Waals surface area contributed by atoms with Crippen molar-refractivity contribution in [1.82, 2.24) is 4.72 Å². The molecule has 1 heterocycles. The summed E-state index contributed by atoms with van der Waals surface area (Å²) < 4.78 is 26.0. The van der Waals surface area contributed by atoms with E-state index >= 15 is 0 Å². The average molecular weight is 277 g/mol. The fourth-order valence-corrected chi connectivity index (χ4v) is 3.65. The lowest BCUT2D eigenvalue weighted by Gasteiger charge is -2.13. The van der Waals surface area contributed by atoms with Crippen LogP contribution in [-0.4, -0.2) is 31.9 Å². The van der Waals surface area contributed by atoms with Gasteiger partial charge in [0.2, 0.25) is 10.0 Å². The molecule has 2 N–H and O–H groups in total. The highest BCUT2D eigenvalue weighted by atomic mass is 32.2. The topological polar surface area (TPSA) is 66.4 Å². The Balaban J connectivity index is 2.36. The van der Waals surface area contributed by atoms with Crippen molar-refractivity contribution in [3.63, 3.8) is 0 Å². The zero-order valence-electron chi connectivity index (χ0n) is 9.93. The molecule has 98 valence electrons. The maximum atomic E-state index is 11.7. The van der Waals surface area contributed by atoms with Crippen LogP contribution in [0.15, 0.2) is 16.8 Å². The molecule has 0 aliphatic rings. The Labute approximate surface area is 107 Å². The first-order chi connectivity index (χ1) is 8.03. The second-order valence-corrected chi connectivity index (χ2v) is 6.76. The first kappa shape index (κ1) is 14.6. The molecular formula is C11H19NO3S2. The lowest BCUT2D eigenvalue weighted by Crippen LogP contribution is -2.35. The molecule has 17 heavy (non-hydrogen) atoms. The molecule has 0 aliphatic carbocycles. The summed E-state index contributed by atoms with van der Waals surface area (Å²) in [6, 6.07) is 1.91. The molecule has 0 radical (unpaired) electrons. The highest BCUT2D eigenvalue weighted by Crippen LogP contribution is 2.09. The van der Waals surface area contributed by atoms with E-state index in [-0.39, 0.29) is 18.4 Å². The summed E-state index contributed by atoms with van der Waals surface area (Å²) in [6.45, 7) is 1.90. The summed E-state index contributed by atoms with van der Waals surface area (Å²) >= 11 is 1.61. The minimum absolute atomic E-state index is 0.0416. The highest BCUT2D eigenvalue weighted by molar-refractivity contribution is 7.89. The van der Waals surface area contributed by atoms with E-state index in [4.69, 9.17) is 5.11 Å². The van der Waals surface area contributed by atoms with Gasteiger partial charge in [0.15, 0.2) is 0 Å². The van der Waals surface area contributed by atoms with Crippen LogP contribution in [0.2, 0.25) is 0 Å². The number of unbranched alkanes of at least 4 members (excludes halogenated alkanes) is 1. The molecule has 0 aliphatic heterocycles. The van der Waals surface area contributed by atoms with E-state index in [1.165, 1.54) is 0 Å². The van der Waals surface area contributed by atoms with Crippen LogP contribution in [0.5, 0.6) is 0 Å². The Kier molecular flexibility index (Phi) is 6.11. The van der Waals surface area contributed by atoms with Gasteiger partial charge in [-0.3, -0.25) is 0 Å². The molecule has 0 saturated heterocycles. The Morgan fingerprint density at radius 3 is 2.82 bits per heavy atom. The number of hydrogen-bond acceptors (Lipinski definition) is 4. The first-order valence-electron chi connectivity index (χ1n) is 5.65. The van der Waals surface area contributed by atoms with Crippen molar-refractivity contribution in [1.29, 1.82) is 0 Å². The van der Waals surface area contributed by atoms with Crippen LogP contribution in [-0.2, 0) is 16.4 Å². The largest absolute Gasteiger partial charge is 0.396 e. The smallest absolute Gasteiger partial charge is 0.211 e. The number of rotatable bonds is 8. The maximum absolute atomic E-state index is 11.7. The predicted octanol–water partition coefficient (Wildman–Crippen LogP) is 1.37. The van der Waals surface area contributed by atoms with Gasteiger partial charge < -0.3 is 5.11 Å². The molecular weight excluding hydrogens is 258 g/mol. The normalized spacial score (nSPS) is 13.8. The van der Waals surface area contributed by atoms with E-state index < -0.39 is 10.0 Å². The van der Waals surface area contributed by atoms with E-state index in [2.05, 4.69) is 4.72 Å². The first-order valence-corrected chi connectivity index (χ1v) is 8.25. The minimum Gasteiger partial charge on any atom is -0.396 e. The molecule has 0 bridgehead atoms. The third-order valence-corrected chi connectivity index (χ3v) is 4.64. The van der Waals surface area contributed by atoms with E-state index in [1.54, 1.807) is 11.3 Å². The fourth-order valence-electron chi connectivity index (χ4n) is 1.57. The van der Waals surface area contributed by atoms with Gasteiger partial charge in [0.25, 0.3) is 0 Å². The van der Waals surface area contributed by atoms with Gasteiger partial charge in [0.1, 0.15) is 0 Å². The second kappa shape index (κ2) is 7.10. The van der Waals surface area contributed by atoms with Crippen molar-refractivity contribution in [2.45, 2.75) is 32.2 Å². The number of aliphatic hydroxyl groups is 1. The van der Waals surface area contributed by atoms with Crippen molar-refractivity contribution in [3.05, 3.63) is 22.4 Å². The van der Waals surface area contributed by atoms with Crippen LogP contribution in [0.4, 0.5) is 0 Å². The molecule has 1 aromatic heterocycles. The maximum Gasteiger partial charge on any atom is 0.211 e. The summed E-state index contributed by atoms with van der Waals surface area (Å²) in [5, 5.41) is 12.6. The summed E-state index contributed by atoms with van der Waals surface area (Å²) in [6.07, 6.45) is 1.74. The van der Waals surface area contributed by atoms with Gasteiger partial charge in [-0.05, 0) is 48.6 Å². The summed E-state index contributed by atoms with van der Waals surface area (Å²) in [5.74, 6) is 0.0849. The molecule has 1 aromatic rings. The van der Waals surface area contributed by atoms with Gasteiger partial charge in [-0.15, -0.1) is 0 Å². The SMILES string of the molecule is CC(Cc1ccsc1)NS(=O)(=O)CCCCO. The van der Waals surface area contributed by atoms with Gasteiger partial charge in [0, 0.05) is 12.6 Å². The van der Waals surface area contributed by atoms with Crippen LogP contribution < -0.4 is 4.72 Å². The van der Waals surface area contributed by atoms with Crippen LogP contribution in [0.1, 0.15) is 25.3 Å². The van der Waals surface area contributed by atoms with Crippen molar-refractivity contribution >= 4 is 21.4 Å². The highest BCUT2D eigenvalue weighted by Gasteiger charge is 2.14. The van der Waals surface area contributed by atoms with Crippen molar-refractivity contribution in [2.75, 3.05) is 12.4 Å². The van der Waals surface area contributed by atoms with Crippen LogP contribution >= 0.6 is 11.3 Å². The van der Waals surface area contributed by atoms with E-state index in [0.29, 0.717) is 19.3 Å². The fraction of sp³-hybridized carbons (Fsp3) is 0.636. The lowest BCUT2D eigenvalue weighted by molar-refractivity contribution is 0.287. The van der Waals surface area contributed by atoms with Crippen LogP contribution in [0.3, 0.4) is 0 Å². The minimum atomic E-state index is -3.21. The third kappa shape index (κ3) is 6.16. The molecule has 0 saturated carbocycles. The Hall–Kier alpha value is -0.430. The quantitative estimate of drug-likeness (QED) is 0.705. The van der Waals surface area contributed by atoms with Crippen molar-refractivity contribution in [2.24, 2.45) is 0 Å². The molecule has 4 nitrogen and oxygen atoms in total. The van der Waals surface area contributed by atoms with Gasteiger partial charge in [-0.25, -0.2) is 13.1 Å². The lowest BCUT2D eigenvalue weighted by atomic mass is 10.1. The molecule has 1 unspecified atom stereocenters. The Bertz CT molecular complexity index is 400. The summed E-state index contributed by atoms with van der Waals surface area (Å²) in [4.78, 5) is 0. The van der Waals surface area contributed by atoms with Crippen molar-refractivity contribution < 1.29 is 13.5 Å². The Morgan fingerprint density at radius 1 is 1.47 bits per heavy atom. The number of thiophene rings is 1. The zero-order chi connectivity index (χ0) is 12.7. The molecule has 0 spiro atoms. The van der Waals surface area contributed by atoms with Crippen molar-refractivity contribution in [3.8, 4) is 0 Å². The zero-order valence-corrected chi connectivity index (χ0v) is 11.6. The third-order valence-electron chi connectivity index (χ3n) is 2.32. The van der Waals surface area contributed by atoms with Gasteiger partial charge >= 0.3 is 0 Å². The van der Waals surface area contributed by atoms with E-state index in [9.17, 15) is 8.42 Å². The monoisotopic (exact) mass is 277 g/mol. The summed E-state index contributed by atoms with van der Waals surface area (Å²) in [7, 11) is -3.21. The Morgan fingerprint density at radius 2 is 2.24 bits per heavy atom. The summed E-state index contributed by atoms with van der Waals surface area (Å²) in [5.41, 5.74) is 1.15. The standard InChI is InChI=1S/C11H19NO3S2/c1-10(8-11-4-6-16-9-11)12-17(14,15)7-3-2-5-13/h4,6,9-10,12-13H,2-3,5,7-8H2,1H3. The van der Waals surface area contributed by atoms with Gasteiger partial charge in [0.05, 0.1) is 5.75 Å². The molecule has 6 heteroatoms. The molecule has 0 aromatic carbocycles. The molecule has 0 amide bonds. The second-order valence-electron chi connectivity index (χ2n) is 4.10. The number of sulfonamides is 1. The van der Waals surface area contributed by atoms with E-state index in [1.807, 2.05) is 23.8 Å².